The van der Waals surface area contributed by atoms with Gasteiger partial charge in [0, 0.05) is 49.1 Å². The van der Waals surface area contributed by atoms with Crippen LogP contribution in [0.3, 0.4) is 0 Å². The molecule has 1 fully saturated rings. The molecule has 1 aliphatic heterocycles. The van der Waals surface area contributed by atoms with Gasteiger partial charge in [0.1, 0.15) is 0 Å². The summed E-state index contributed by atoms with van der Waals surface area (Å²) in [4.78, 5) is 3.84. The highest BCUT2D eigenvalue weighted by molar-refractivity contribution is 7.99. The van der Waals surface area contributed by atoms with E-state index in [2.05, 4.69) is 29.3 Å². The molecule has 3 N–H and O–H groups in total. The second kappa shape index (κ2) is 6.28. The van der Waals surface area contributed by atoms with Crippen molar-refractivity contribution >= 4 is 17.4 Å². The molecule has 1 aliphatic rings. The van der Waals surface area contributed by atoms with E-state index in [4.69, 9.17) is 5.73 Å². The topological polar surface area (TPSA) is 41.3 Å². The van der Waals surface area contributed by atoms with Gasteiger partial charge in [-0.25, -0.2) is 0 Å². The summed E-state index contributed by atoms with van der Waals surface area (Å²) >= 11 is 1.91. The van der Waals surface area contributed by atoms with E-state index < -0.39 is 0 Å². The van der Waals surface area contributed by atoms with E-state index in [1.165, 1.54) is 30.1 Å². The average Bonchev–Trinajstić information content (AvgIpc) is 2.35. The molecule has 0 saturated carbocycles. The summed E-state index contributed by atoms with van der Waals surface area (Å²) in [5, 5.41) is 3.37. The summed E-state index contributed by atoms with van der Waals surface area (Å²) in [6.45, 7) is 7.92. The Hall–Kier alpha value is -0.710. The van der Waals surface area contributed by atoms with Crippen LogP contribution >= 0.6 is 11.8 Å². The van der Waals surface area contributed by atoms with E-state index in [-0.39, 0.29) is 0 Å². The fraction of sp³-hybridized carbons (Fsp3) is 0.538. The summed E-state index contributed by atoms with van der Waals surface area (Å²) in [5.41, 5.74) is 7.99. The molecule has 1 aromatic rings. The maximum absolute atomic E-state index is 5.81. The van der Waals surface area contributed by atoms with Crippen LogP contribution in [-0.4, -0.2) is 43.4 Å². The van der Waals surface area contributed by atoms with Crippen LogP contribution in [-0.2, 0) is 0 Å². The Morgan fingerprint density at radius 2 is 2.12 bits per heavy atom. The molecule has 0 radical (unpaired) electrons. The van der Waals surface area contributed by atoms with E-state index in [1.54, 1.807) is 0 Å². The smallest absolute Gasteiger partial charge is 0.0325 e. The number of thioether (sulfide) groups is 1. The van der Waals surface area contributed by atoms with Gasteiger partial charge >= 0.3 is 0 Å². The van der Waals surface area contributed by atoms with E-state index in [9.17, 15) is 0 Å². The number of rotatable bonds is 4. The summed E-state index contributed by atoms with van der Waals surface area (Å²) < 4.78 is 0. The zero-order valence-electron chi connectivity index (χ0n) is 10.4. The molecule has 0 aromatic heterocycles. The fourth-order valence-corrected chi connectivity index (χ4v) is 3.08. The Bertz CT molecular complexity index is 362. The van der Waals surface area contributed by atoms with Crippen molar-refractivity contribution in [2.24, 2.45) is 0 Å². The third-order valence-electron chi connectivity index (χ3n) is 3.09. The van der Waals surface area contributed by atoms with Crippen molar-refractivity contribution in [2.75, 3.05) is 44.2 Å². The maximum Gasteiger partial charge on any atom is 0.0325 e. The standard InChI is InChI=1S/C13H21N3S/c1-11-2-3-12(14)10-13(11)17-9-8-16-6-4-15-5-7-16/h2-3,10,15H,4-9,14H2,1H3. The molecule has 17 heavy (non-hydrogen) atoms. The van der Waals surface area contributed by atoms with Crippen molar-refractivity contribution in [3.05, 3.63) is 23.8 Å². The Morgan fingerprint density at radius 3 is 2.88 bits per heavy atom. The molecule has 0 amide bonds. The molecule has 0 bridgehead atoms. The van der Waals surface area contributed by atoms with Gasteiger partial charge in [-0.2, -0.15) is 0 Å². The first-order chi connectivity index (χ1) is 8.25. The van der Waals surface area contributed by atoms with Gasteiger partial charge in [-0.05, 0) is 24.6 Å². The van der Waals surface area contributed by atoms with Crippen molar-refractivity contribution in [3.63, 3.8) is 0 Å². The summed E-state index contributed by atoms with van der Waals surface area (Å²) in [5.74, 6) is 1.14. The van der Waals surface area contributed by atoms with Gasteiger partial charge in [-0.3, -0.25) is 4.90 Å². The number of nitrogens with zero attached hydrogens (tertiary/aromatic N) is 1. The molecule has 1 saturated heterocycles. The van der Waals surface area contributed by atoms with Crippen LogP contribution in [0.1, 0.15) is 5.56 Å². The average molecular weight is 251 g/mol. The van der Waals surface area contributed by atoms with E-state index in [0.29, 0.717) is 0 Å². The summed E-state index contributed by atoms with van der Waals surface area (Å²) in [6.07, 6.45) is 0. The van der Waals surface area contributed by atoms with Gasteiger partial charge in [-0.15, -0.1) is 11.8 Å². The molecule has 1 heterocycles. The number of nitrogens with two attached hydrogens (primary N) is 1. The van der Waals surface area contributed by atoms with Gasteiger partial charge in [0.2, 0.25) is 0 Å². The monoisotopic (exact) mass is 251 g/mol. The second-order valence-corrected chi connectivity index (χ2v) is 5.60. The Kier molecular flexibility index (Phi) is 4.71. The van der Waals surface area contributed by atoms with Gasteiger partial charge in [0.15, 0.2) is 0 Å². The summed E-state index contributed by atoms with van der Waals surface area (Å²) in [6, 6.07) is 6.15. The lowest BCUT2D eigenvalue weighted by Gasteiger charge is -2.26. The van der Waals surface area contributed by atoms with E-state index >= 15 is 0 Å². The van der Waals surface area contributed by atoms with Crippen LogP contribution in [0, 0.1) is 6.92 Å². The fourth-order valence-electron chi connectivity index (χ4n) is 1.99. The highest BCUT2D eigenvalue weighted by Crippen LogP contribution is 2.24. The minimum Gasteiger partial charge on any atom is -0.399 e. The normalized spacial score (nSPS) is 17.2. The zero-order chi connectivity index (χ0) is 12.1. The predicted molar refractivity (Wildman–Crippen MR) is 75.6 cm³/mol. The lowest BCUT2D eigenvalue weighted by atomic mass is 10.2. The first kappa shape index (κ1) is 12.7. The van der Waals surface area contributed by atoms with Crippen molar-refractivity contribution in [2.45, 2.75) is 11.8 Å². The molecular formula is C13H21N3S. The lowest BCUT2D eigenvalue weighted by molar-refractivity contribution is 0.255. The van der Waals surface area contributed by atoms with Crippen LogP contribution in [0.15, 0.2) is 23.1 Å². The number of nitrogen functional groups attached to an aromatic ring is 1. The third kappa shape index (κ3) is 3.91. The quantitative estimate of drug-likeness (QED) is 0.630. The number of benzene rings is 1. The van der Waals surface area contributed by atoms with Crippen LogP contribution in [0.5, 0.6) is 0 Å². The van der Waals surface area contributed by atoms with E-state index in [1.807, 2.05) is 17.8 Å². The number of nitrogens with one attached hydrogen (secondary N) is 1. The number of anilines is 1. The van der Waals surface area contributed by atoms with Crippen molar-refractivity contribution < 1.29 is 0 Å². The molecule has 4 heteroatoms. The van der Waals surface area contributed by atoms with Gasteiger partial charge < -0.3 is 11.1 Å². The molecule has 94 valence electrons. The molecule has 0 atom stereocenters. The van der Waals surface area contributed by atoms with E-state index in [0.717, 1.165) is 24.5 Å². The number of piperazine rings is 1. The number of hydrogen-bond donors (Lipinski definition) is 2. The molecular weight excluding hydrogens is 230 g/mol. The molecule has 3 nitrogen and oxygen atoms in total. The Balaban J connectivity index is 1.79. The van der Waals surface area contributed by atoms with Crippen LogP contribution in [0.2, 0.25) is 0 Å². The summed E-state index contributed by atoms with van der Waals surface area (Å²) in [7, 11) is 0. The predicted octanol–water partition coefficient (Wildman–Crippen LogP) is 1.57. The van der Waals surface area contributed by atoms with Crippen LogP contribution in [0.4, 0.5) is 5.69 Å². The molecule has 0 aliphatic carbocycles. The van der Waals surface area contributed by atoms with Crippen LogP contribution in [0.25, 0.3) is 0 Å². The molecule has 2 rings (SSSR count). The SMILES string of the molecule is Cc1ccc(N)cc1SCCN1CCNCC1. The Morgan fingerprint density at radius 1 is 1.35 bits per heavy atom. The van der Waals surface area contributed by atoms with Crippen molar-refractivity contribution in [1.82, 2.24) is 10.2 Å². The minimum atomic E-state index is 0.861. The maximum atomic E-state index is 5.81. The van der Waals surface area contributed by atoms with Gasteiger partial charge in [0.05, 0.1) is 0 Å². The highest BCUT2D eigenvalue weighted by Gasteiger charge is 2.09. The number of aryl methyl sites for hydroxylation is 1. The molecule has 0 spiro atoms. The highest BCUT2D eigenvalue weighted by atomic mass is 32.2. The van der Waals surface area contributed by atoms with Crippen molar-refractivity contribution in [3.8, 4) is 0 Å². The Labute approximate surface area is 108 Å². The zero-order valence-corrected chi connectivity index (χ0v) is 11.2. The third-order valence-corrected chi connectivity index (χ3v) is 4.22. The first-order valence-corrected chi connectivity index (χ1v) is 7.16. The minimum absolute atomic E-state index is 0.861. The first-order valence-electron chi connectivity index (χ1n) is 6.18. The van der Waals surface area contributed by atoms with Crippen LogP contribution < -0.4 is 11.1 Å². The van der Waals surface area contributed by atoms with Gasteiger partial charge in [0.25, 0.3) is 0 Å². The largest absolute Gasteiger partial charge is 0.399 e. The van der Waals surface area contributed by atoms with Gasteiger partial charge in [-0.1, -0.05) is 6.07 Å². The number of hydrogen-bond acceptors (Lipinski definition) is 4. The molecule has 0 unspecified atom stereocenters. The molecule has 1 aromatic carbocycles. The van der Waals surface area contributed by atoms with Crippen molar-refractivity contribution in [1.29, 1.82) is 0 Å². The second-order valence-electron chi connectivity index (χ2n) is 4.47. The lowest BCUT2D eigenvalue weighted by Crippen LogP contribution is -2.44.